The fourth-order valence-corrected chi connectivity index (χ4v) is 6.14. The van der Waals surface area contributed by atoms with Crippen molar-refractivity contribution in [3.63, 3.8) is 0 Å². The Balaban J connectivity index is 1.63. The molecule has 1 saturated carbocycles. The molecule has 4 aromatic rings. The van der Waals surface area contributed by atoms with Crippen LogP contribution in [0.1, 0.15) is 68.5 Å². The van der Waals surface area contributed by atoms with E-state index in [1.807, 2.05) is 25.1 Å². The van der Waals surface area contributed by atoms with Crippen LogP contribution in [-0.2, 0) is 21.7 Å². The molecular weight excluding hydrogens is 556 g/mol. The molecule has 2 aliphatic rings. The third-order valence-corrected chi connectivity index (χ3v) is 8.57. The number of amides is 1. The number of imidazole rings is 1. The number of hydroxylamine groups is 1. The number of ether oxygens (including phenoxy) is 1. The highest BCUT2D eigenvalue weighted by Gasteiger charge is 2.39. The Kier molecular flexibility index (Phi) is 7.53. The lowest BCUT2D eigenvalue weighted by atomic mass is 9.83. The van der Waals surface area contributed by atoms with E-state index in [-0.39, 0.29) is 5.82 Å². The van der Waals surface area contributed by atoms with Crippen molar-refractivity contribution in [1.82, 2.24) is 35.3 Å². The number of pyridine rings is 1. The fourth-order valence-electron chi connectivity index (χ4n) is 5.96. The van der Waals surface area contributed by atoms with Crippen molar-refractivity contribution < 1.29 is 14.4 Å². The number of fused-ring (bicyclic) bond motifs is 1. The summed E-state index contributed by atoms with van der Waals surface area (Å²) in [5, 5.41) is 13.1. The number of nitrogens with zero attached hydrogens (tertiary/aromatic N) is 6. The van der Waals surface area contributed by atoms with E-state index < -0.39 is 17.9 Å². The molecule has 2 atom stereocenters. The minimum Gasteiger partial charge on any atom is -0.366 e. The number of aromatic nitrogens is 5. The molecule has 0 spiro atoms. The largest absolute Gasteiger partial charge is 0.427 e. The molecule has 4 heterocycles. The van der Waals surface area contributed by atoms with Crippen LogP contribution in [0.2, 0.25) is 5.02 Å². The van der Waals surface area contributed by atoms with Crippen LogP contribution in [0, 0.1) is 23.2 Å². The number of benzene rings is 1. The van der Waals surface area contributed by atoms with Gasteiger partial charge in [-0.15, -0.1) is 5.48 Å². The first-order valence-corrected chi connectivity index (χ1v) is 14.4. The molecule has 3 aromatic heterocycles. The third kappa shape index (κ3) is 5.06. The lowest BCUT2D eigenvalue weighted by Gasteiger charge is -2.32. The van der Waals surface area contributed by atoms with E-state index in [1.54, 1.807) is 31.6 Å². The van der Waals surface area contributed by atoms with Gasteiger partial charge in [-0.1, -0.05) is 49.6 Å². The maximum atomic E-state index is 11.8. The van der Waals surface area contributed by atoms with Crippen LogP contribution >= 0.6 is 11.6 Å². The van der Waals surface area contributed by atoms with E-state index in [2.05, 4.69) is 33.3 Å². The number of rotatable bonds is 7. The summed E-state index contributed by atoms with van der Waals surface area (Å²) < 4.78 is 8.38. The Morgan fingerprint density at radius 3 is 2.67 bits per heavy atom. The van der Waals surface area contributed by atoms with Crippen LogP contribution in [0.3, 0.4) is 0 Å². The van der Waals surface area contributed by atoms with Gasteiger partial charge in [-0.05, 0) is 43.7 Å². The van der Waals surface area contributed by atoms with Crippen LogP contribution in [-0.4, -0.2) is 37.7 Å². The predicted octanol–water partition coefficient (Wildman–Crippen LogP) is 5.39. The smallest absolute Gasteiger partial charge is 0.366 e. The van der Waals surface area contributed by atoms with Crippen molar-refractivity contribution in [3.05, 3.63) is 70.5 Å². The van der Waals surface area contributed by atoms with Gasteiger partial charge in [0.2, 0.25) is 0 Å². The number of carbonyl (C=O) groups excluding carboxylic acids is 1. The van der Waals surface area contributed by atoms with Gasteiger partial charge >= 0.3 is 6.09 Å². The van der Waals surface area contributed by atoms with Gasteiger partial charge in [-0.3, -0.25) is 10.3 Å². The Hall–Kier alpha value is -4.11. The summed E-state index contributed by atoms with van der Waals surface area (Å²) in [6.45, 7) is 4.89. The molecule has 0 bridgehead atoms. The number of hydrogen-bond acceptors (Lipinski definition) is 9. The van der Waals surface area contributed by atoms with Crippen molar-refractivity contribution in [2.75, 3.05) is 7.11 Å². The van der Waals surface area contributed by atoms with Crippen molar-refractivity contribution in [2.45, 2.75) is 57.8 Å². The van der Waals surface area contributed by atoms with Crippen LogP contribution in [0.15, 0.2) is 42.7 Å². The summed E-state index contributed by atoms with van der Waals surface area (Å²) >= 11 is 6.39. The van der Waals surface area contributed by atoms with Crippen molar-refractivity contribution in [3.8, 4) is 17.3 Å². The molecule has 1 saturated heterocycles. The number of nitrogens with one attached hydrogen (secondary N) is 2. The van der Waals surface area contributed by atoms with E-state index in [0.29, 0.717) is 62.8 Å². The maximum Gasteiger partial charge on any atom is 0.427 e. The lowest BCUT2D eigenvalue weighted by Crippen LogP contribution is -2.32. The molecule has 2 unspecified atom stereocenters. The fraction of sp³-hybridized carbons (Fsp3) is 0.400. The highest BCUT2D eigenvalue weighted by atomic mass is 35.5. The van der Waals surface area contributed by atoms with E-state index in [9.17, 15) is 10.1 Å². The van der Waals surface area contributed by atoms with Gasteiger partial charge in [-0.25, -0.2) is 19.7 Å². The first kappa shape index (κ1) is 28.0. The molecule has 1 aliphatic heterocycles. The molecule has 2 N–H and O–H groups in total. The second-order valence-electron chi connectivity index (χ2n) is 11.1. The van der Waals surface area contributed by atoms with E-state index in [4.69, 9.17) is 36.1 Å². The molecule has 11 nitrogen and oxygen atoms in total. The summed E-state index contributed by atoms with van der Waals surface area (Å²) in [5.41, 5.74) is 5.06. The Morgan fingerprint density at radius 2 is 1.98 bits per heavy atom. The normalized spacial score (nSPS) is 21.9. The summed E-state index contributed by atoms with van der Waals surface area (Å²) in [7, 11) is 1.62. The average molecular weight is 587 g/mol. The zero-order valence-corrected chi connectivity index (χ0v) is 24.4. The average Bonchev–Trinajstić information content (AvgIpc) is 3.61. The Bertz CT molecular complexity index is 1690. The van der Waals surface area contributed by atoms with Gasteiger partial charge in [0.15, 0.2) is 17.6 Å². The predicted molar refractivity (Wildman–Crippen MR) is 155 cm³/mol. The van der Waals surface area contributed by atoms with Gasteiger partial charge in [-0.2, -0.15) is 5.26 Å². The molecule has 1 amide bonds. The number of halogens is 1. The highest BCUT2D eigenvalue weighted by molar-refractivity contribution is 6.30. The Morgan fingerprint density at radius 1 is 1.19 bits per heavy atom. The first-order chi connectivity index (χ1) is 20.3. The van der Waals surface area contributed by atoms with Crippen LogP contribution in [0.25, 0.3) is 22.4 Å². The zero-order valence-electron chi connectivity index (χ0n) is 23.6. The Labute approximate surface area is 248 Å². The quantitative estimate of drug-likeness (QED) is 0.291. The van der Waals surface area contributed by atoms with E-state index >= 15 is 0 Å². The molecule has 2 fully saturated rings. The summed E-state index contributed by atoms with van der Waals surface area (Å²) in [6, 6.07) is 11.5. The van der Waals surface area contributed by atoms with Crippen LogP contribution < -0.4 is 10.8 Å². The van der Waals surface area contributed by atoms with Gasteiger partial charge in [0, 0.05) is 37.2 Å². The topological polar surface area (TPSA) is 140 Å². The minimum atomic E-state index is -1.10. The molecule has 12 heteroatoms. The zero-order chi connectivity index (χ0) is 29.4. The summed E-state index contributed by atoms with van der Waals surface area (Å²) in [6.07, 6.45) is 6.32. The first-order valence-electron chi connectivity index (χ1n) is 14.0. The molecule has 0 radical (unpaired) electrons. The van der Waals surface area contributed by atoms with Crippen molar-refractivity contribution in [2.24, 2.45) is 11.8 Å². The van der Waals surface area contributed by atoms with Crippen molar-refractivity contribution >= 4 is 28.9 Å². The summed E-state index contributed by atoms with van der Waals surface area (Å²) in [4.78, 5) is 35.8. The molecule has 6 rings (SSSR count). The number of nitriles is 1. The number of carbonyl (C=O) groups is 1. The second kappa shape index (κ2) is 11.3. The highest BCUT2D eigenvalue weighted by Crippen LogP contribution is 2.40. The van der Waals surface area contributed by atoms with Gasteiger partial charge in [0.1, 0.15) is 22.6 Å². The maximum absolute atomic E-state index is 11.8. The van der Waals surface area contributed by atoms with Gasteiger partial charge < -0.3 is 14.1 Å². The summed E-state index contributed by atoms with van der Waals surface area (Å²) in [5.74, 6) is 1.97. The van der Waals surface area contributed by atoms with Crippen molar-refractivity contribution in [1.29, 1.82) is 5.26 Å². The van der Waals surface area contributed by atoms with E-state index in [1.165, 1.54) is 0 Å². The minimum absolute atomic E-state index is 0.266. The van der Waals surface area contributed by atoms with Gasteiger partial charge in [0.25, 0.3) is 0 Å². The van der Waals surface area contributed by atoms with E-state index in [0.717, 1.165) is 25.7 Å². The number of methoxy groups -OCH3 is 1. The molecule has 1 aromatic carbocycles. The second-order valence-corrected chi connectivity index (χ2v) is 11.6. The lowest BCUT2D eigenvalue weighted by molar-refractivity contribution is 0.0275. The monoisotopic (exact) mass is 586 g/mol. The molecule has 216 valence electrons. The SMILES string of the molecule is COC(C)(c1ccccc1C#N)c1nc2nc(C3NOC(=O)N3)nc(-c3cncc(Cl)c3)c2n1CC1CCC(C)CC1. The van der Waals surface area contributed by atoms with Gasteiger partial charge in [0.05, 0.1) is 16.7 Å². The number of hydrogen-bond donors (Lipinski definition) is 2. The standard InChI is InChI=1S/C30H31ClN8O3/c1-17-8-10-18(11-9-17)16-39-24-23(20-12-21(31)15-33-14-20)34-26(27-37-29(40)42-38-27)35-25(24)36-28(39)30(2,41-3)22-7-5-4-6-19(22)13-32/h4-7,12,14-15,17-18,27,38H,8-11,16H2,1-3H3,(H,37,40). The van der Waals surface area contributed by atoms with Crippen LogP contribution in [0.4, 0.5) is 4.79 Å². The third-order valence-electron chi connectivity index (χ3n) is 8.36. The molecule has 1 aliphatic carbocycles. The van der Waals surface area contributed by atoms with Crippen LogP contribution in [0.5, 0.6) is 0 Å². The molecular formula is C30H31ClN8O3. The molecule has 42 heavy (non-hydrogen) atoms.